The van der Waals surface area contributed by atoms with Crippen molar-refractivity contribution in [1.82, 2.24) is 4.98 Å². The Kier molecular flexibility index (Phi) is 3.40. The Bertz CT molecular complexity index is 460. The standard InChI is InChI=1S/C14H17NO/c1-11(2)8-10-16-14-7-9-15-13-6-4-3-5-12(13)14/h3-7,9,11H,8,10H2,1-2H3. The van der Waals surface area contributed by atoms with E-state index in [0.29, 0.717) is 5.92 Å². The van der Waals surface area contributed by atoms with Gasteiger partial charge in [-0.2, -0.15) is 0 Å². The summed E-state index contributed by atoms with van der Waals surface area (Å²) in [6.07, 6.45) is 2.88. The number of aromatic nitrogens is 1. The summed E-state index contributed by atoms with van der Waals surface area (Å²) in [6, 6.07) is 9.99. The molecule has 2 heteroatoms. The van der Waals surface area contributed by atoms with Crippen molar-refractivity contribution in [2.24, 2.45) is 5.92 Å². The van der Waals surface area contributed by atoms with Gasteiger partial charge >= 0.3 is 0 Å². The van der Waals surface area contributed by atoms with Crippen LogP contribution in [0.25, 0.3) is 10.9 Å². The molecule has 0 aliphatic heterocycles. The van der Waals surface area contributed by atoms with E-state index in [1.165, 1.54) is 0 Å². The molecule has 0 fully saturated rings. The summed E-state index contributed by atoms with van der Waals surface area (Å²) < 4.78 is 5.79. The van der Waals surface area contributed by atoms with E-state index in [2.05, 4.69) is 18.8 Å². The zero-order valence-corrected chi connectivity index (χ0v) is 9.81. The zero-order valence-electron chi connectivity index (χ0n) is 9.81. The molecule has 84 valence electrons. The van der Waals surface area contributed by atoms with Gasteiger partial charge in [-0.15, -0.1) is 0 Å². The lowest BCUT2D eigenvalue weighted by Gasteiger charge is -2.09. The highest BCUT2D eigenvalue weighted by molar-refractivity contribution is 5.84. The van der Waals surface area contributed by atoms with E-state index < -0.39 is 0 Å². The van der Waals surface area contributed by atoms with E-state index >= 15 is 0 Å². The normalized spacial score (nSPS) is 10.9. The Labute approximate surface area is 96.3 Å². The molecule has 0 aliphatic rings. The Morgan fingerprint density at radius 1 is 1.19 bits per heavy atom. The van der Waals surface area contributed by atoms with Gasteiger partial charge in [-0.25, -0.2) is 0 Å². The SMILES string of the molecule is CC(C)CCOc1ccnc2ccccc12. The molecular formula is C14H17NO. The summed E-state index contributed by atoms with van der Waals surface area (Å²) in [5.74, 6) is 1.61. The minimum atomic E-state index is 0.674. The largest absolute Gasteiger partial charge is 0.493 e. The molecule has 2 nitrogen and oxygen atoms in total. The lowest BCUT2D eigenvalue weighted by Crippen LogP contribution is -2.01. The average molecular weight is 215 g/mol. The van der Waals surface area contributed by atoms with Crippen LogP contribution in [0.2, 0.25) is 0 Å². The van der Waals surface area contributed by atoms with E-state index in [1.807, 2.05) is 30.3 Å². The molecular weight excluding hydrogens is 198 g/mol. The van der Waals surface area contributed by atoms with Crippen LogP contribution in [0.15, 0.2) is 36.5 Å². The smallest absolute Gasteiger partial charge is 0.130 e. The van der Waals surface area contributed by atoms with E-state index in [4.69, 9.17) is 4.74 Å². The number of ether oxygens (including phenoxy) is 1. The van der Waals surface area contributed by atoms with Crippen LogP contribution in [-0.2, 0) is 0 Å². The third-order valence-electron chi connectivity index (χ3n) is 2.56. The highest BCUT2D eigenvalue weighted by atomic mass is 16.5. The molecule has 2 rings (SSSR count). The van der Waals surface area contributed by atoms with E-state index in [1.54, 1.807) is 6.20 Å². The second kappa shape index (κ2) is 4.97. The number of hydrogen-bond donors (Lipinski definition) is 0. The molecule has 1 aromatic carbocycles. The summed E-state index contributed by atoms with van der Waals surface area (Å²) in [4.78, 5) is 4.31. The van der Waals surface area contributed by atoms with Crippen LogP contribution < -0.4 is 4.74 Å². The highest BCUT2D eigenvalue weighted by Crippen LogP contribution is 2.23. The molecule has 0 unspecified atom stereocenters. The van der Waals surface area contributed by atoms with Crippen LogP contribution in [0.4, 0.5) is 0 Å². The zero-order chi connectivity index (χ0) is 11.4. The molecule has 0 spiro atoms. The summed E-state index contributed by atoms with van der Waals surface area (Å²) in [7, 11) is 0. The molecule has 0 saturated heterocycles. The van der Waals surface area contributed by atoms with Crippen molar-refractivity contribution in [3.05, 3.63) is 36.5 Å². The number of benzene rings is 1. The summed E-state index contributed by atoms with van der Waals surface area (Å²) in [6.45, 7) is 5.17. The highest BCUT2D eigenvalue weighted by Gasteiger charge is 2.02. The number of pyridine rings is 1. The second-order valence-electron chi connectivity index (χ2n) is 4.36. The lowest BCUT2D eigenvalue weighted by atomic mass is 10.1. The van der Waals surface area contributed by atoms with Crippen LogP contribution in [0.5, 0.6) is 5.75 Å². The fraction of sp³-hybridized carbons (Fsp3) is 0.357. The Balaban J connectivity index is 2.17. The molecule has 0 aliphatic carbocycles. The van der Waals surface area contributed by atoms with Crippen molar-refractivity contribution in [2.75, 3.05) is 6.61 Å². The van der Waals surface area contributed by atoms with Gasteiger partial charge in [0.25, 0.3) is 0 Å². The Hall–Kier alpha value is -1.57. The van der Waals surface area contributed by atoms with Crippen LogP contribution in [0, 0.1) is 5.92 Å². The van der Waals surface area contributed by atoms with Gasteiger partial charge in [-0.1, -0.05) is 26.0 Å². The van der Waals surface area contributed by atoms with Gasteiger partial charge in [0.1, 0.15) is 5.75 Å². The maximum absolute atomic E-state index is 5.79. The molecule has 0 saturated carbocycles. The fourth-order valence-electron chi connectivity index (χ4n) is 1.60. The molecule has 0 N–H and O–H groups in total. The Morgan fingerprint density at radius 3 is 2.81 bits per heavy atom. The van der Waals surface area contributed by atoms with Gasteiger partial charge in [0.2, 0.25) is 0 Å². The molecule has 0 radical (unpaired) electrons. The first-order valence-electron chi connectivity index (χ1n) is 5.74. The predicted octanol–water partition coefficient (Wildman–Crippen LogP) is 3.66. The molecule has 0 atom stereocenters. The van der Waals surface area contributed by atoms with E-state index in [-0.39, 0.29) is 0 Å². The summed E-state index contributed by atoms with van der Waals surface area (Å²) >= 11 is 0. The van der Waals surface area contributed by atoms with Crippen molar-refractivity contribution in [3.63, 3.8) is 0 Å². The van der Waals surface area contributed by atoms with Crippen LogP contribution in [0.1, 0.15) is 20.3 Å². The van der Waals surface area contributed by atoms with Gasteiger partial charge in [-0.05, 0) is 30.5 Å². The van der Waals surface area contributed by atoms with Gasteiger partial charge in [-0.3, -0.25) is 4.98 Å². The van der Waals surface area contributed by atoms with Crippen LogP contribution >= 0.6 is 0 Å². The summed E-state index contributed by atoms with van der Waals surface area (Å²) in [5.41, 5.74) is 0.990. The van der Waals surface area contributed by atoms with Gasteiger partial charge in [0.15, 0.2) is 0 Å². The van der Waals surface area contributed by atoms with Crippen LogP contribution in [0.3, 0.4) is 0 Å². The first-order valence-corrected chi connectivity index (χ1v) is 5.74. The molecule has 16 heavy (non-hydrogen) atoms. The van der Waals surface area contributed by atoms with E-state index in [9.17, 15) is 0 Å². The topological polar surface area (TPSA) is 22.1 Å². The maximum Gasteiger partial charge on any atom is 0.130 e. The predicted molar refractivity (Wildman–Crippen MR) is 66.7 cm³/mol. The quantitative estimate of drug-likeness (QED) is 0.776. The minimum Gasteiger partial charge on any atom is -0.493 e. The van der Waals surface area contributed by atoms with Gasteiger partial charge in [0.05, 0.1) is 12.1 Å². The Morgan fingerprint density at radius 2 is 2.00 bits per heavy atom. The van der Waals surface area contributed by atoms with Crippen molar-refractivity contribution >= 4 is 10.9 Å². The number of fused-ring (bicyclic) bond motifs is 1. The van der Waals surface area contributed by atoms with Gasteiger partial charge < -0.3 is 4.74 Å². The number of nitrogens with zero attached hydrogens (tertiary/aromatic N) is 1. The molecule has 1 aromatic heterocycles. The molecule has 2 aromatic rings. The number of rotatable bonds is 4. The number of hydrogen-bond acceptors (Lipinski definition) is 2. The van der Waals surface area contributed by atoms with Crippen LogP contribution in [-0.4, -0.2) is 11.6 Å². The second-order valence-corrected chi connectivity index (χ2v) is 4.36. The minimum absolute atomic E-state index is 0.674. The van der Waals surface area contributed by atoms with E-state index in [0.717, 1.165) is 29.7 Å². The summed E-state index contributed by atoms with van der Waals surface area (Å²) in [5, 5.41) is 1.09. The third kappa shape index (κ3) is 2.51. The van der Waals surface area contributed by atoms with Crippen molar-refractivity contribution < 1.29 is 4.74 Å². The fourth-order valence-corrected chi connectivity index (χ4v) is 1.60. The monoisotopic (exact) mass is 215 g/mol. The van der Waals surface area contributed by atoms with Crippen molar-refractivity contribution in [2.45, 2.75) is 20.3 Å². The maximum atomic E-state index is 5.79. The molecule has 0 bridgehead atoms. The van der Waals surface area contributed by atoms with Gasteiger partial charge in [0, 0.05) is 11.6 Å². The third-order valence-corrected chi connectivity index (χ3v) is 2.56. The first kappa shape index (κ1) is 10.9. The number of para-hydroxylation sites is 1. The lowest BCUT2D eigenvalue weighted by molar-refractivity contribution is 0.292. The molecule has 0 amide bonds. The first-order chi connectivity index (χ1) is 7.77. The molecule has 1 heterocycles. The van der Waals surface area contributed by atoms with Crippen molar-refractivity contribution in [1.29, 1.82) is 0 Å². The van der Waals surface area contributed by atoms with Crippen molar-refractivity contribution in [3.8, 4) is 5.75 Å². The average Bonchev–Trinajstić information content (AvgIpc) is 2.29.